The molecule has 1 aromatic rings. The van der Waals surface area contributed by atoms with Crippen molar-refractivity contribution in [1.29, 1.82) is 0 Å². The lowest BCUT2D eigenvalue weighted by molar-refractivity contribution is -0.119. The Morgan fingerprint density at radius 1 is 1.30 bits per heavy atom. The van der Waals surface area contributed by atoms with E-state index in [9.17, 15) is 4.79 Å². The van der Waals surface area contributed by atoms with E-state index in [0.717, 1.165) is 31.8 Å². The van der Waals surface area contributed by atoms with Gasteiger partial charge in [-0.2, -0.15) is 0 Å². The number of nitrogens with zero attached hydrogens (tertiary/aromatic N) is 1. The molecular weight excluding hydrogens is 308 g/mol. The summed E-state index contributed by atoms with van der Waals surface area (Å²) in [7, 11) is 4.18. The number of hydrogen-bond donors (Lipinski definition) is 1. The Labute approximate surface area is 144 Å². The summed E-state index contributed by atoms with van der Waals surface area (Å²) in [5.41, 5.74) is 2.63. The van der Waals surface area contributed by atoms with Gasteiger partial charge in [-0.25, -0.2) is 0 Å². The molecule has 4 nitrogen and oxygen atoms in total. The second-order valence-electron chi connectivity index (χ2n) is 6.43. The summed E-state index contributed by atoms with van der Waals surface area (Å²) in [6, 6.07) is 8.34. The number of aryl methyl sites for hydroxylation is 1. The zero-order valence-corrected chi connectivity index (χ0v) is 15.2. The van der Waals surface area contributed by atoms with E-state index in [0.29, 0.717) is 12.3 Å². The lowest BCUT2D eigenvalue weighted by atomic mass is 9.88. The average molecular weight is 337 g/mol. The van der Waals surface area contributed by atoms with Crippen molar-refractivity contribution in [1.82, 2.24) is 10.2 Å². The number of ether oxygens (including phenoxy) is 1. The molecule has 0 saturated carbocycles. The first kappa shape index (κ1) is 18.3. The first-order valence-corrected chi connectivity index (χ1v) is 9.33. The van der Waals surface area contributed by atoms with Crippen LogP contribution in [-0.2, 0) is 15.3 Å². The van der Waals surface area contributed by atoms with Gasteiger partial charge in [0.25, 0.3) is 0 Å². The Balaban J connectivity index is 1.75. The van der Waals surface area contributed by atoms with Crippen LogP contribution < -0.4 is 5.32 Å². The Morgan fingerprint density at radius 3 is 2.65 bits per heavy atom. The predicted octanol–water partition coefficient (Wildman–Crippen LogP) is 2.46. The summed E-state index contributed by atoms with van der Waals surface area (Å²) in [5.74, 6) is 1.51. The molecule has 0 unspecified atom stereocenters. The molecule has 0 aliphatic carbocycles. The molecule has 128 valence electrons. The average Bonchev–Trinajstić information content (AvgIpc) is 2.55. The fourth-order valence-corrected chi connectivity index (χ4v) is 3.81. The van der Waals surface area contributed by atoms with E-state index in [1.54, 1.807) is 11.8 Å². The molecule has 0 aromatic heterocycles. The van der Waals surface area contributed by atoms with Crippen LogP contribution in [0.15, 0.2) is 24.3 Å². The van der Waals surface area contributed by atoms with Gasteiger partial charge in [-0.3, -0.25) is 4.79 Å². The lowest BCUT2D eigenvalue weighted by Crippen LogP contribution is -2.55. The van der Waals surface area contributed by atoms with Crippen LogP contribution in [0.4, 0.5) is 0 Å². The molecule has 0 atom stereocenters. The first-order chi connectivity index (χ1) is 11.0. The van der Waals surface area contributed by atoms with Gasteiger partial charge in [0.15, 0.2) is 0 Å². The summed E-state index contributed by atoms with van der Waals surface area (Å²) >= 11 is 1.67. The van der Waals surface area contributed by atoms with Crippen molar-refractivity contribution in [2.75, 3.05) is 39.6 Å². The number of thioether (sulfide) groups is 1. The normalized spacial score (nSPS) is 17.2. The van der Waals surface area contributed by atoms with Crippen molar-refractivity contribution in [2.24, 2.45) is 0 Å². The van der Waals surface area contributed by atoms with Gasteiger partial charge in [-0.15, -0.1) is 11.8 Å². The van der Waals surface area contributed by atoms with Gasteiger partial charge in [-0.1, -0.05) is 24.3 Å². The van der Waals surface area contributed by atoms with Crippen molar-refractivity contribution in [3.63, 3.8) is 0 Å². The maximum Gasteiger partial charge on any atom is 0.230 e. The highest BCUT2D eigenvalue weighted by Gasteiger charge is 2.34. The number of carbonyl (C=O) groups excluding carboxylic acids is 1. The number of nitrogens with one attached hydrogen (secondary N) is 1. The zero-order chi connectivity index (χ0) is 16.7. The maximum atomic E-state index is 12.1. The van der Waals surface area contributed by atoms with Gasteiger partial charge in [0.1, 0.15) is 0 Å². The monoisotopic (exact) mass is 336 g/mol. The van der Waals surface area contributed by atoms with Gasteiger partial charge in [0, 0.05) is 31.1 Å². The van der Waals surface area contributed by atoms with Crippen molar-refractivity contribution in [3.8, 4) is 0 Å². The second-order valence-corrected chi connectivity index (χ2v) is 7.41. The molecule has 1 fully saturated rings. The SMILES string of the molecule is Cc1ccccc1CSCC(=O)NCC1(N(C)C)CCOCC1. The molecule has 1 N–H and O–H groups in total. The van der Waals surface area contributed by atoms with E-state index in [-0.39, 0.29) is 11.4 Å². The van der Waals surface area contributed by atoms with Crippen LogP contribution in [-0.4, -0.2) is 56.0 Å². The Kier molecular flexibility index (Phi) is 6.93. The molecule has 0 spiro atoms. The molecule has 23 heavy (non-hydrogen) atoms. The summed E-state index contributed by atoms with van der Waals surface area (Å²) in [6.07, 6.45) is 1.94. The molecule has 1 heterocycles. The van der Waals surface area contributed by atoms with Crippen LogP contribution in [0.25, 0.3) is 0 Å². The fraction of sp³-hybridized carbons (Fsp3) is 0.611. The minimum Gasteiger partial charge on any atom is -0.381 e. The third-order valence-corrected chi connectivity index (χ3v) is 5.72. The van der Waals surface area contributed by atoms with Crippen molar-refractivity contribution in [2.45, 2.75) is 31.1 Å². The summed E-state index contributed by atoms with van der Waals surface area (Å²) in [6.45, 7) is 4.36. The number of benzene rings is 1. The Bertz CT molecular complexity index is 513. The summed E-state index contributed by atoms with van der Waals surface area (Å²) in [5, 5.41) is 3.12. The first-order valence-electron chi connectivity index (χ1n) is 8.18. The summed E-state index contributed by atoms with van der Waals surface area (Å²) < 4.78 is 5.46. The molecule has 1 aliphatic heterocycles. The third-order valence-electron chi connectivity index (χ3n) is 4.74. The van der Waals surface area contributed by atoms with Crippen LogP contribution >= 0.6 is 11.8 Å². The van der Waals surface area contributed by atoms with E-state index >= 15 is 0 Å². The number of rotatable bonds is 7. The van der Waals surface area contributed by atoms with E-state index in [2.05, 4.69) is 49.4 Å². The van der Waals surface area contributed by atoms with Crippen molar-refractivity contribution >= 4 is 17.7 Å². The molecule has 2 rings (SSSR count). The van der Waals surface area contributed by atoms with Crippen LogP contribution in [0, 0.1) is 6.92 Å². The van der Waals surface area contributed by atoms with Crippen molar-refractivity contribution < 1.29 is 9.53 Å². The van der Waals surface area contributed by atoms with Crippen LogP contribution in [0.5, 0.6) is 0 Å². The standard InChI is InChI=1S/C18H28N2O2S/c1-15-6-4-5-7-16(15)12-23-13-17(21)19-14-18(20(2)3)8-10-22-11-9-18/h4-7H,8-14H2,1-3H3,(H,19,21). The molecule has 5 heteroatoms. The van der Waals surface area contributed by atoms with Gasteiger partial charge in [0.05, 0.1) is 5.75 Å². The number of carbonyl (C=O) groups is 1. The Morgan fingerprint density at radius 2 is 2.00 bits per heavy atom. The highest BCUT2D eigenvalue weighted by atomic mass is 32.2. The molecular formula is C18H28N2O2S. The van der Waals surface area contributed by atoms with Crippen molar-refractivity contribution in [3.05, 3.63) is 35.4 Å². The molecule has 0 radical (unpaired) electrons. The Hall–Kier alpha value is -1.04. The van der Waals surface area contributed by atoms with Crippen LogP contribution in [0.1, 0.15) is 24.0 Å². The molecule has 0 bridgehead atoms. The minimum absolute atomic E-state index is 0.0363. The molecule has 1 saturated heterocycles. The zero-order valence-electron chi connectivity index (χ0n) is 14.4. The van der Waals surface area contributed by atoms with Gasteiger partial charge >= 0.3 is 0 Å². The van der Waals surface area contributed by atoms with Crippen LogP contribution in [0.3, 0.4) is 0 Å². The minimum atomic E-state index is 0.0363. The van der Waals surface area contributed by atoms with E-state index in [4.69, 9.17) is 4.74 Å². The van der Waals surface area contributed by atoms with E-state index < -0.39 is 0 Å². The number of hydrogen-bond acceptors (Lipinski definition) is 4. The number of amides is 1. The third kappa shape index (κ3) is 5.23. The lowest BCUT2D eigenvalue weighted by Gasteiger charge is -2.42. The second kappa shape index (κ2) is 8.71. The van der Waals surface area contributed by atoms with Crippen LogP contribution in [0.2, 0.25) is 0 Å². The highest BCUT2D eigenvalue weighted by Crippen LogP contribution is 2.25. The maximum absolute atomic E-state index is 12.1. The fourth-order valence-electron chi connectivity index (χ4n) is 2.87. The molecule has 1 aromatic carbocycles. The quantitative estimate of drug-likeness (QED) is 0.830. The number of likely N-dealkylation sites (N-methyl/N-ethyl adjacent to an activating group) is 1. The van der Waals surface area contributed by atoms with Gasteiger partial charge in [0.2, 0.25) is 5.91 Å². The van der Waals surface area contributed by atoms with E-state index in [1.807, 2.05) is 6.07 Å². The smallest absolute Gasteiger partial charge is 0.230 e. The van der Waals surface area contributed by atoms with Gasteiger partial charge < -0.3 is 15.0 Å². The summed E-state index contributed by atoms with van der Waals surface area (Å²) in [4.78, 5) is 14.4. The predicted molar refractivity (Wildman–Crippen MR) is 96.8 cm³/mol. The molecule has 1 aliphatic rings. The van der Waals surface area contributed by atoms with E-state index in [1.165, 1.54) is 11.1 Å². The topological polar surface area (TPSA) is 41.6 Å². The van der Waals surface area contributed by atoms with Gasteiger partial charge in [-0.05, 0) is 45.0 Å². The highest BCUT2D eigenvalue weighted by molar-refractivity contribution is 7.99. The largest absolute Gasteiger partial charge is 0.381 e. The molecule has 1 amide bonds.